The highest BCUT2D eigenvalue weighted by Crippen LogP contribution is 2.46. The minimum Gasteiger partial charge on any atom is -0.342 e. The second-order valence-electron chi connectivity index (χ2n) is 10.1. The summed E-state index contributed by atoms with van der Waals surface area (Å²) in [6.07, 6.45) is 1.28. The first-order valence-electron chi connectivity index (χ1n) is 12.2. The zero-order chi connectivity index (χ0) is 26.9. The summed E-state index contributed by atoms with van der Waals surface area (Å²) in [7, 11) is 0. The van der Waals surface area contributed by atoms with Gasteiger partial charge in [0, 0.05) is 24.6 Å². The summed E-state index contributed by atoms with van der Waals surface area (Å²) in [4.78, 5) is 9.91. The first kappa shape index (κ1) is 25.3. The van der Waals surface area contributed by atoms with Crippen molar-refractivity contribution in [2.45, 2.75) is 31.5 Å². The monoisotopic (exact) mass is 509 g/mol. The van der Waals surface area contributed by atoms with Gasteiger partial charge in [-0.1, -0.05) is 47.6 Å². The fourth-order valence-electron chi connectivity index (χ4n) is 5.55. The molecule has 5 rings (SSSR count). The molecule has 1 saturated heterocycles. The Bertz CT molecular complexity index is 1510. The van der Waals surface area contributed by atoms with E-state index >= 15 is 4.39 Å². The summed E-state index contributed by atoms with van der Waals surface area (Å²) < 4.78 is 34.8. The van der Waals surface area contributed by atoms with Crippen LogP contribution in [-0.4, -0.2) is 33.8 Å². The van der Waals surface area contributed by atoms with Gasteiger partial charge in [0.2, 0.25) is 12.2 Å². The van der Waals surface area contributed by atoms with Crippen LogP contribution in [0.4, 0.5) is 14.5 Å². The molecule has 8 heteroatoms. The van der Waals surface area contributed by atoms with E-state index in [0.717, 1.165) is 16.7 Å². The second-order valence-corrected chi connectivity index (χ2v) is 10.1. The molecule has 0 aliphatic carbocycles. The van der Waals surface area contributed by atoms with Crippen LogP contribution in [-0.2, 0) is 0 Å². The Morgan fingerprint density at radius 3 is 2.47 bits per heavy atom. The molecule has 0 amide bonds. The molecule has 3 aromatic carbocycles. The van der Waals surface area contributed by atoms with Crippen molar-refractivity contribution in [2.75, 3.05) is 13.1 Å². The molecule has 4 aromatic rings. The number of hydrogen-bond donors (Lipinski definition) is 0. The van der Waals surface area contributed by atoms with E-state index in [2.05, 4.69) is 19.9 Å². The van der Waals surface area contributed by atoms with Crippen molar-refractivity contribution in [1.82, 2.24) is 15.0 Å². The van der Waals surface area contributed by atoms with Crippen LogP contribution in [0.5, 0.6) is 0 Å². The lowest BCUT2D eigenvalue weighted by atomic mass is 9.72. The minimum absolute atomic E-state index is 0.0891. The van der Waals surface area contributed by atoms with Gasteiger partial charge in [-0.2, -0.15) is 10.2 Å². The summed E-state index contributed by atoms with van der Waals surface area (Å²) in [5, 5.41) is 13.3. The first-order valence-corrected chi connectivity index (χ1v) is 12.2. The number of alkyl halides is 1. The Morgan fingerprint density at radius 1 is 1.08 bits per heavy atom. The zero-order valence-corrected chi connectivity index (χ0v) is 21.0. The standard InChI is InChI=1S/C30H25F2N5O/c1-30(2,32)27(23-11-19(15-33)12-25(31)14-23)24-16-37(17-24)28(20-7-9-26(34-3)10-8-20)21-5-4-6-22(13-21)29-35-18-38-36-29/h4-14,18,24,27-28H,16-17H2,1-2H3/t27-,28?/m1/s1. The minimum atomic E-state index is -1.62. The molecule has 1 unspecified atom stereocenters. The van der Waals surface area contributed by atoms with Crippen LogP contribution >= 0.6 is 0 Å². The van der Waals surface area contributed by atoms with Crippen LogP contribution in [0.3, 0.4) is 0 Å². The SMILES string of the molecule is [C-]#[N+]c1ccc(C(c2cccc(-c3ncon3)c2)N2CC([C@@H](c3cc(F)cc(C#N)c3)C(C)(C)F)C2)cc1. The molecule has 190 valence electrons. The van der Waals surface area contributed by atoms with Crippen LogP contribution in [0.1, 0.15) is 48.1 Å². The molecular weight excluding hydrogens is 484 g/mol. The van der Waals surface area contributed by atoms with Crippen LogP contribution in [0.25, 0.3) is 16.2 Å². The van der Waals surface area contributed by atoms with Crippen molar-refractivity contribution in [3.8, 4) is 17.5 Å². The van der Waals surface area contributed by atoms with Gasteiger partial charge in [0.25, 0.3) is 0 Å². The van der Waals surface area contributed by atoms with Gasteiger partial charge in [0.15, 0.2) is 5.69 Å². The third kappa shape index (κ3) is 5.04. The normalized spacial score (nSPS) is 15.7. The summed E-state index contributed by atoms with van der Waals surface area (Å²) in [6.45, 7) is 11.4. The Hall–Kier alpha value is -4.40. The molecule has 1 fully saturated rings. The van der Waals surface area contributed by atoms with Gasteiger partial charge in [0.05, 0.1) is 24.2 Å². The fourth-order valence-corrected chi connectivity index (χ4v) is 5.55. The molecule has 38 heavy (non-hydrogen) atoms. The molecule has 1 aliphatic heterocycles. The van der Waals surface area contributed by atoms with Crippen molar-refractivity contribution < 1.29 is 13.3 Å². The predicted octanol–water partition coefficient (Wildman–Crippen LogP) is 6.85. The van der Waals surface area contributed by atoms with Gasteiger partial charge in [-0.15, -0.1) is 0 Å². The molecule has 0 saturated carbocycles. The number of rotatable bonds is 7. The van der Waals surface area contributed by atoms with E-state index < -0.39 is 17.4 Å². The Morgan fingerprint density at radius 2 is 1.84 bits per heavy atom. The first-order chi connectivity index (χ1) is 18.3. The number of hydrogen-bond acceptors (Lipinski definition) is 5. The summed E-state index contributed by atoms with van der Waals surface area (Å²) >= 11 is 0. The van der Waals surface area contributed by atoms with Crippen LogP contribution < -0.4 is 0 Å². The summed E-state index contributed by atoms with van der Waals surface area (Å²) in [5.74, 6) is -0.735. The lowest BCUT2D eigenvalue weighted by Gasteiger charge is -2.50. The second kappa shape index (κ2) is 10.2. The van der Waals surface area contributed by atoms with E-state index in [1.165, 1.54) is 32.4 Å². The van der Waals surface area contributed by atoms with Crippen molar-refractivity contribution in [1.29, 1.82) is 5.26 Å². The topological polar surface area (TPSA) is 70.3 Å². The van der Waals surface area contributed by atoms with Gasteiger partial charge < -0.3 is 4.52 Å². The smallest absolute Gasteiger partial charge is 0.214 e. The molecule has 0 spiro atoms. The third-order valence-corrected chi connectivity index (χ3v) is 7.08. The summed E-state index contributed by atoms with van der Waals surface area (Å²) in [6, 6.07) is 21.2. The van der Waals surface area contributed by atoms with Crippen molar-refractivity contribution in [3.63, 3.8) is 0 Å². The van der Waals surface area contributed by atoms with Gasteiger partial charge in [-0.05, 0) is 60.7 Å². The maximum Gasteiger partial charge on any atom is 0.214 e. The van der Waals surface area contributed by atoms with Crippen molar-refractivity contribution in [3.05, 3.63) is 113 Å². The van der Waals surface area contributed by atoms with Gasteiger partial charge in [-0.3, -0.25) is 4.90 Å². The molecule has 0 N–H and O–H groups in total. The fraction of sp³-hybridized carbons (Fsp3) is 0.267. The highest BCUT2D eigenvalue weighted by atomic mass is 19.1. The largest absolute Gasteiger partial charge is 0.342 e. The zero-order valence-electron chi connectivity index (χ0n) is 21.0. The number of nitriles is 1. The Balaban J connectivity index is 1.49. The Kier molecular flexibility index (Phi) is 6.75. The van der Waals surface area contributed by atoms with Crippen LogP contribution in [0, 0.1) is 29.6 Å². The average molecular weight is 510 g/mol. The lowest BCUT2D eigenvalue weighted by molar-refractivity contribution is 0.00813. The maximum atomic E-state index is 15.6. The molecule has 6 nitrogen and oxygen atoms in total. The van der Waals surface area contributed by atoms with E-state index in [4.69, 9.17) is 11.1 Å². The molecule has 0 bridgehead atoms. The molecule has 2 atom stereocenters. The van der Waals surface area contributed by atoms with Crippen molar-refractivity contribution in [2.24, 2.45) is 5.92 Å². The van der Waals surface area contributed by atoms with Crippen molar-refractivity contribution >= 4 is 5.69 Å². The van der Waals surface area contributed by atoms with Crippen LogP contribution in [0.2, 0.25) is 0 Å². The van der Waals surface area contributed by atoms with Crippen LogP contribution in [0.15, 0.2) is 77.6 Å². The number of halogens is 2. The van der Waals surface area contributed by atoms with Gasteiger partial charge >= 0.3 is 0 Å². The average Bonchev–Trinajstić information content (AvgIpc) is 3.42. The number of aromatic nitrogens is 2. The van der Waals surface area contributed by atoms with E-state index in [9.17, 15) is 9.65 Å². The highest BCUT2D eigenvalue weighted by molar-refractivity contribution is 5.56. The summed E-state index contributed by atoms with van der Waals surface area (Å²) in [5.41, 5.74) is 2.40. The molecular formula is C30H25F2N5O. The van der Waals surface area contributed by atoms with Gasteiger partial charge in [0.1, 0.15) is 11.5 Å². The quantitative estimate of drug-likeness (QED) is 0.255. The third-order valence-electron chi connectivity index (χ3n) is 7.08. The maximum absolute atomic E-state index is 15.6. The number of nitrogens with zero attached hydrogens (tertiary/aromatic N) is 5. The van der Waals surface area contributed by atoms with E-state index in [0.29, 0.717) is 30.2 Å². The van der Waals surface area contributed by atoms with E-state index in [1.54, 1.807) is 18.2 Å². The van der Waals surface area contributed by atoms with E-state index in [1.807, 2.05) is 42.5 Å². The molecule has 1 aliphatic rings. The number of likely N-dealkylation sites (tertiary alicyclic amines) is 1. The predicted molar refractivity (Wildman–Crippen MR) is 138 cm³/mol. The molecule has 2 heterocycles. The Labute approximate surface area is 220 Å². The molecule has 1 aromatic heterocycles. The van der Waals surface area contributed by atoms with Gasteiger partial charge in [-0.25, -0.2) is 13.6 Å². The molecule has 0 radical (unpaired) electrons. The number of benzene rings is 3. The van der Waals surface area contributed by atoms with E-state index in [-0.39, 0.29) is 17.5 Å². The highest BCUT2D eigenvalue weighted by Gasteiger charge is 2.45. The lowest BCUT2D eigenvalue weighted by Crippen LogP contribution is -2.53.